The minimum atomic E-state index is -0.129. The zero-order valence-electron chi connectivity index (χ0n) is 10.3. The van der Waals surface area contributed by atoms with Crippen LogP contribution in [0.25, 0.3) is 0 Å². The van der Waals surface area contributed by atoms with Gasteiger partial charge in [-0.3, -0.25) is 4.79 Å². The molecule has 3 N–H and O–H groups in total. The third-order valence-corrected chi connectivity index (χ3v) is 3.91. The van der Waals surface area contributed by atoms with Crippen LogP contribution in [0.4, 0.5) is 0 Å². The first-order valence-electron chi connectivity index (χ1n) is 5.89. The van der Waals surface area contributed by atoms with Crippen molar-refractivity contribution in [2.75, 3.05) is 12.8 Å². The molecule has 1 saturated carbocycles. The van der Waals surface area contributed by atoms with Gasteiger partial charge in [0.2, 0.25) is 0 Å². The summed E-state index contributed by atoms with van der Waals surface area (Å²) in [7, 11) is 0. The first kappa shape index (κ1) is 15.4. The Morgan fingerprint density at radius 3 is 2.94 bits per heavy atom. The van der Waals surface area contributed by atoms with E-state index in [1.807, 2.05) is 12.3 Å². The highest BCUT2D eigenvalue weighted by Crippen LogP contribution is 2.25. The van der Waals surface area contributed by atoms with Crippen molar-refractivity contribution in [3.8, 4) is 0 Å². The van der Waals surface area contributed by atoms with E-state index >= 15 is 0 Å². The predicted molar refractivity (Wildman–Crippen MR) is 75.4 cm³/mol. The first-order chi connectivity index (χ1) is 8.24. The standard InChI is InChI=1S/C12H18N2O2S.ClH/c1-17-11-6-5-10(16-11)12(15)14-9-4-2-3-8(9)7-13;/h5-6,8-9H,2-4,7,13H2,1H3,(H,14,15);1H. The van der Waals surface area contributed by atoms with Crippen LogP contribution in [0.2, 0.25) is 0 Å². The number of carbonyl (C=O) groups is 1. The molecule has 102 valence electrons. The molecule has 2 atom stereocenters. The lowest BCUT2D eigenvalue weighted by Gasteiger charge is -2.18. The molecule has 1 amide bonds. The number of hydrogen-bond donors (Lipinski definition) is 2. The van der Waals surface area contributed by atoms with Crippen LogP contribution in [0.1, 0.15) is 29.8 Å². The molecule has 4 nitrogen and oxygen atoms in total. The van der Waals surface area contributed by atoms with Crippen molar-refractivity contribution in [1.29, 1.82) is 0 Å². The van der Waals surface area contributed by atoms with Gasteiger partial charge in [0.05, 0.1) is 0 Å². The number of thioether (sulfide) groups is 1. The van der Waals surface area contributed by atoms with Crippen LogP contribution in [0.15, 0.2) is 21.6 Å². The summed E-state index contributed by atoms with van der Waals surface area (Å²) in [5.74, 6) is 0.668. The van der Waals surface area contributed by atoms with Crippen LogP contribution >= 0.6 is 24.2 Å². The molecule has 0 aliphatic heterocycles. The topological polar surface area (TPSA) is 68.3 Å². The number of hydrogen-bond acceptors (Lipinski definition) is 4. The summed E-state index contributed by atoms with van der Waals surface area (Å²) in [6, 6.07) is 3.73. The molecule has 0 bridgehead atoms. The molecular weight excluding hydrogens is 272 g/mol. The molecule has 18 heavy (non-hydrogen) atoms. The van der Waals surface area contributed by atoms with E-state index in [4.69, 9.17) is 10.2 Å². The van der Waals surface area contributed by atoms with E-state index in [0.717, 1.165) is 24.4 Å². The van der Waals surface area contributed by atoms with E-state index in [-0.39, 0.29) is 24.4 Å². The molecule has 0 spiro atoms. The molecule has 2 unspecified atom stereocenters. The smallest absolute Gasteiger partial charge is 0.287 e. The van der Waals surface area contributed by atoms with Gasteiger partial charge in [-0.1, -0.05) is 18.2 Å². The summed E-state index contributed by atoms with van der Waals surface area (Å²) in [5, 5.41) is 3.77. The molecule has 1 fully saturated rings. The summed E-state index contributed by atoms with van der Waals surface area (Å²) in [5.41, 5.74) is 5.69. The zero-order chi connectivity index (χ0) is 12.3. The minimum absolute atomic E-state index is 0. The maximum absolute atomic E-state index is 11.9. The molecule has 1 aliphatic carbocycles. The summed E-state index contributed by atoms with van der Waals surface area (Å²) >= 11 is 1.49. The highest BCUT2D eigenvalue weighted by Gasteiger charge is 2.28. The van der Waals surface area contributed by atoms with E-state index in [2.05, 4.69) is 5.32 Å². The minimum Gasteiger partial charge on any atom is -0.445 e. The van der Waals surface area contributed by atoms with Gasteiger partial charge in [-0.2, -0.15) is 0 Å². The van der Waals surface area contributed by atoms with E-state index in [1.54, 1.807) is 6.07 Å². The van der Waals surface area contributed by atoms with Gasteiger partial charge in [-0.25, -0.2) is 0 Å². The highest BCUT2D eigenvalue weighted by molar-refractivity contribution is 7.98. The number of carbonyl (C=O) groups excluding carboxylic acids is 1. The lowest BCUT2D eigenvalue weighted by Crippen LogP contribution is -2.39. The molecule has 2 rings (SSSR count). The fourth-order valence-corrected chi connectivity index (χ4v) is 2.68. The fraction of sp³-hybridized carbons (Fsp3) is 0.583. The van der Waals surface area contributed by atoms with Crippen molar-refractivity contribution in [3.05, 3.63) is 17.9 Å². The fourth-order valence-electron chi connectivity index (χ4n) is 2.30. The maximum Gasteiger partial charge on any atom is 0.287 e. The van der Waals surface area contributed by atoms with E-state index in [0.29, 0.717) is 18.2 Å². The Bertz CT molecular complexity index is 397. The van der Waals surface area contributed by atoms with Crippen LogP contribution in [0.3, 0.4) is 0 Å². The average Bonchev–Trinajstić information content (AvgIpc) is 2.96. The average molecular weight is 291 g/mol. The Labute approximate surface area is 117 Å². The summed E-state index contributed by atoms with van der Waals surface area (Å²) in [4.78, 5) is 11.9. The predicted octanol–water partition coefficient (Wildman–Crippen LogP) is 2.28. The largest absolute Gasteiger partial charge is 0.445 e. The molecule has 0 aromatic carbocycles. The lowest BCUT2D eigenvalue weighted by atomic mass is 10.0. The SMILES string of the molecule is CSc1ccc(C(=O)NC2CCCC2CN)o1.Cl. The van der Waals surface area contributed by atoms with Crippen molar-refractivity contribution < 1.29 is 9.21 Å². The van der Waals surface area contributed by atoms with E-state index < -0.39 is 0 Å². The lowest BCUT2D eigenvalue weighted by molar-refractivity contribution is 0.0895. The van der Waals surface area contributed by atoms with E-state index in [9.17, 15) is 4.79 Å². The number of amides is 1. The van der Waals surface area contributed by atoms with Gasteiger partial charge >= 0.3 is 0 Å². The van der Waals surface area contributed by atoms with Crippen LogP contribution < -0.4 is 11.1 Å². The normalized spacial score (nSPS) is 22.6. The third-order valence-electron chi connectivity index (χ3n) is 3.28. The number of nitrogens with one attached hydrogen (secondary N) is 1. The van der Waals surface area contributed by atoms with Gasteiger partial charge in [-0.15, -0.1) is 12.4 Å². The Kier molecular flexibility index (Phi) is 6.05. The Morgan fingerprint density at radius 2 is 2.33 bits per heavy atom. The molecule has 0 saturated heterocycles. The molecule has 1 aromatic rings. The third kappa shape index (κ3) is 3.43. The molecule has 0 radical (unpaired) electrons. The quantitative estimate of drug-likeness (QED) is 0.835. The summed E-state index contributed by atoms with van der Waals surface area (Å²) in [6.45, 7) is 0.638. The van der Waals surface area contributed by atoms with Crippen LogP contribution in [0.5, 0.6) is 0 Å². The van der Waals surface area contributed by atoms with Gasteiger partial charge in [-0.05, 0) is 43.7 Å². The second-order valence-electron chi connectivity index (χ2n) is 4.33. The Balaban J connectivity index is 0.00000162. The zero-order valence-corrected chi connectivity index (χ0v) is 12.0. The van der Waals surface area contributed by atoms with Crippen molar-refractivity contribution in [2.24, 2.45) is 11.7 Å². The Hall–Kier alpha value is -0.650. The summed E-state index contributed by atoms with van der Waals surface area (Å²) in [6.07, 6.45) is 5.18. The van der Waals surface area contributed by atoms with Gasteiger partial charge in [0, 0.05) is 6.04 Å². The second-order valence-corrected chi connectivity index (χ2v) is 5.14. The van der Waals surface area contributed by atoms with Gasteiger partial charge in [0.15, 0.2) is 10.9 Å². The number of furan rings is 1. The second kappa shape index (κ2) is 7.07. The van der Waals surface area contributed by atoms with Crippen molar-refractivity contribution in [2.45, 2.75) is 30.4 Å². The maximum atomic E-state index is 11.9. The number of nitrogens with two attached hydrogens (primary N) is 1. The molecule has 1 heterocycles. The first-order valence-corrected chi connectivity index (χ1v) is 7.12. The molecule has 1 aromatic heterocycles. The monoisotopic (exact) mass is 290 g/mol. The van der Waals surface area contributed by atoms with Crippen molar-refractivity contribution in [3.63, 3.8) is 0 Å². The Morgan fingerprint density at radius 1 is 1.56 bits per heavy atom. The van der Waals surface area contributed by atoms with Gasteiger partial charge < -0.3 is 15.5 Å². The van der Waals surface area contributed by atoms with Crippen molar-refractivity contribution >= 4 is 30.1 Å². The van der Waals surface area contributed by atoms with Gasteiger partial charge in [0.1, 0.15) is 0 Å². The highest BCUT2D eigenvalue weighted by atomic mass is 35.5. The number of rotatable bonds is 4. The van der Waals surface area contributed by atoms with Crippen molar-refractivity contribution in [1.82, 2.24) is 5.32 Å². The van der Waals surface area contributed by atoms with Crippen LogP contribution in [0, 0.1) is 5.92 Å². The van der Waals surface area contributed by atoms with Gasteiger partial charge in [0.25, 0.3) is 5.91 Å². The molecular formula is C12H19ClN2O2S. The summed E-state index contributed by atoms with van der Waals surface area (Å²) < 4.78 is 5.39. The van der Waals surface area contributed by atoms with Crippen LogP contribution in [-0.2, 0) is 0 Å². The molecule has 1 aliphatic rings. The number of halogens is 1. The van der Waals surface area contributed by atoms with Crippen LogP contribution in [-0.4, -0.2) is 24.7 Å². The molecule has 6 heteroatoms. The van der Waals surface area contributed by atoms with E-state index in [1.165, 1.54) is 11.8 Å².